The molecular formula is C113H164F3N5O25S4. The minimum Gasteiger partial charge on any atom is -0.393 e. The fourth-order valence-electron chi connectivity index (χ4n) is 46.0. The quantitative estimate of drug-likeness (QED) is 0.0588. The van der Waals surface area contributed by atoms with Crippen LogP contribution in [0.1, 0.15) is 249 Å². The molecule has 31 fully saturated rings. The summed E-state index contributed by atoms with van der Waals surface area (Å²) >= 11 is -2.09. The van der Waals surface area contributed by atoms with E-state index < -0.39 is 94.5 Å². The molecule has 31 aliphatic rings. The summed E-state index contributed by atoms with van der Waals surface area (Å²) in [5.41, 5.74) is -5.69. The number of rotatable bonds is 13. The fraction of sp³-hybridized carbons (Fsp3) is 0.894. The number of imide groups is 5. The van der Waals surface area contributed by atoms with Crippen molar-refractivity contribution < 1.29 is 126 Å². The van der Waals surface area contributed by atoms with E-state index in [1.165, 1.54) is 38.5 Å². The van der Waals surface area contributed by atoms with Gasteiger partial charge in [-0.3, -0.25) is 67.0 Å². The predicted octanol–water partition coefficient (Wildman–Crippen LogP) is 16.1. The number of halogens is 3. The SMILES string of the molecule is C.C.C.C.C.CC1C(C)C2CC1C1C3CC(C4C(=O)N(OS(=O)(=O)C(F)(F)F)C(=O)C34)C21.CC1C(C)C2CC1C1C3CC(C4C(=O)N(OS(=O)OC5CCCCC5)C(=O)C34)C21.CC1C(C)C2CC1C1C3CC(C4C(=O)N(OS(C)(=O)=O)C(=O)C34)C21.CC1C(C)C2CC1C1C3CC(C4C(=O)NC(=O)C34)C21.CC1C(C)C2CC1C1C3CC(C4C(=O)OC(=O)C34)C21.CCCCS(=O)(=O)ON1C(=O)C2C3CC(C2C1=O)C1C2CC(C(C)C2C)C31. The van der Waals surface area contributed by atoms with Crippen LogP contribution in [0.5, 0.6) is 0 Å². The van der Waals surface area contributed by atoms with E-state index >= 15 is 0 Å². The molecule has 30 nitrogen and oxygen atoms in total. The van der Waals surface area contributed by atoms with Gasteiger partial charge >= 0.3 is 38.9 Å². The lowest BCUT2D eigenvalue weighted by molar-refractivity contribution is -0.170. The van der Waals surface area contributed by atoms with Gasteiger partial charge in [0.05, 0.1) is 89.1 Å². The number of hydroxylamine groups is 8. The standard InChI is InChI=1S/C22H31NO5S.C20H29NO5S.C17H20F3NO5S.C17H23NO5S.C16H21NO2.C16H20O3.5CH4/c1-10-11(2)14-8-13(10)17-15-9-16(18(14)17)20-19(15)21(24)23(22(20)25)28-29(26)27-12-6-4-3-5-7-12;1-4-5-6-27(24,25)26-21-19(22)17-13-8-14(18(17)20(21)23)16-12-7-11(15(13)16)9(2)10(12)3;1-5-6(2)8-3-7(5)11-9-4-10(12(8)11)14-13(9)15(22)21(16(14)23)26-27(24,25)17(18,19)20;1-6-7(2)9-4-8(6)12-10-5-11(13(9)12)15-14(10)16(19)18(17(15)20)23-24(3,21)22;1-5-6(2)8-3-7(5)11-9-4-10(12(8)11)14-13(9)15(18)17-16(14)19;1-5-6(2)8-3-7(5)11-9-4-10(12(8)11)14-13(9)15(17)19-16(14)18;;;;;/h10-20H,3-9H2,1-2H3;9-18H,4-8H2,1-3H3;5-14H,3-4H2,1-2H3;6-15H,4-5H2,1-3H3;5-14H,3-4H2,1-2H3,(H,17,18,19);5-14H,3-4H2,1-2H3;5*1H4. The molecule has 0 radical (unpaired) electrons. The number of fused-ring (bicyclic) bond motifs is 72. The Labute approximate surface area is 886 Å². The maximum Gasteiger partial charge on any atom is 0.525 e. The highest BCUT2D eigenvalue weighted by molar-refractivity contribution is 7.87. The number of esters is 2. The average Bonchev–Trinajstić information content (AvgIpc) is 1.49. The number of alkyl halides is 3. The van der Waals surface area contributed by atoms with E-state index in [1.807, 2.05) is 6.92 Å². The summed E-state index contributed by atoms with van der Waals surface area (Å²) in [6, 6.07) is 0. The summed E-state index contributed by atoms with van der Waals surface area (Å²) < 4.78 is 149. The van der Waals surface area contributed by atoms with Crippen molar-refractivity contribution in [3.63, 3.8) is 0 Å². The molecule has 25 saturated carbocycles. The number of hydrogen-bond donors (Lipinski definition) is 1. The smallest absolute Gasteiger partial charge is 0.393 e. The number of hydrogen-bond acceptors (Lipinski definition) is 25. The fourth-order valence-corrected chi connectivity index (χ4v) is 48.6. The lowest BCUT2D eigenvalue weighted by Crippen LogP contribution is -2.43. The summed E-state index contributed by atoms with van der Waals surface area (Å²) in [4.78, 5) is 151. The lowest BCUT2D eigenvalue weighted by Gasteiger charge is -2.43. The van der Waals surface area contributed by atoms with Crippen molar-refractivity contribution in [2.75, 3.05) is 12.0 Å². The van der Waals surface area contributed by atoms with Crippen molar-refractivity contribution in [3.05, 3.63) is 0 Å². The van der Waals surface area contributed by atoms with Crippen molar-refractivity contribution in [1.82, 2.24) is 25.6 Å². The molecule has 0 aromatic carbocycles. The van der Waals surface area contributed by atoms with Crippen LogP contribution < -0.4 is 5.32 Å². The first-order valence-corrected chi connectivity index (χ1v) is 62.1. The van der Waals surface area contributed by atoms with Crippen LogP contribution in [0.4, 0.5) is 13.2 Å². The van der Waals surface area contributed by atoms with E-state index in [0.29, 0.717) is 189 Å². The van der Waals surface area contributed by atoms with Gasteiger partial charge in [0.2, 0.25) is 11.8 Å². The van der Waals surface area contributed by atoms with E-state index in [9.17, 15) is 100 Å². The van der Waals surface area contributed by atoms with Gasteiger partial charge in [0.15, 0.2) is 0 Å². The number of nitrogens with one attached hydrogen (secondary N) is 1. The number of carbonyl (C=O) groups excluding carboxylic acids is 12. The van der Waals surface area contributed by atoms with Crippen molar-refractivity contribution in [3.8, 4) is 0 Å². The Morgan fingerprint density at radius 1 is 0.313 bits per heavy atom. The first kappa shape index (κ1) is 110. The van der Waals surface area contributed by atoms with Crippen molar-refractivity contribution in [1.29, 1.82) is 0 Å². The number of unbranched alkanes of at least 4 members (excludes halogenated alkanes) is 1. The second-order valence-electron chi connectivity index (χ2n) is 53.9. The predicted molar refractivity (Wildman–Crippen MR) is 537 cm³/mol. The molecule has 6 aliphatic heterocycles. The third-order valence-corrected chi connectivity index (χ3v) is 54.2. The monoisotopic (exact) mass is 2180 g/mol. The number of cyclic esters (lactones) is 2. The third kappa shape index (κ3) is 14.8. The molecule has 10 amide bonds. The third-order valence-electron chi connectivity index (χ3n) is 51.0. The Hall–Kier alpha value is -5.57. The van der Waals surface area contributed by atoms with E-state index in [1.54, 1.807) is 0 Å². The topological polar surface area (TPSA) is 405 Å². The zero-order valence-electron chi connectivity index (χ0n) is 85.1. The van der Waals surface area contributed by atoms with Crippen molar-refractivity contribution in [2.24, 2.45) is 355 Å². The number of carbonyl (C=O) groups is 12. The first-order valence-electron chi connectivity index (χ1n) is 56.3. The average molecular weight is 2180 g/mol. The van der Waals surface area contributed by atoms with Gasteiger partial charge < -0.3 is 4.74 Å². The molecule has 0 aromatic rings. The zero-order chi connectivity index (χ0) is 102. The van der Waals surface area contributed by atoms with Crippen LogP contribution >= 0.6 is 0 Å². The van der Waals surface area contributed by atoms with E-state index in [0.717, 1.165) is 165 Å². The maximum atomic E-state index is 13.1. The molecule has 25 aliphatic carbocycles. The normalized spacial score (nSPS) is 53.2. The number of ether oxygens (including phenoxy) is 1. The van der Waals surface area contributed by atoms with Crippen molar-refractivity contribution in [2.45, 2.75) is 261 Å². The lowest BCUT2D eigenvalue weighted by atomic mass is 9.60. The molecule has 836 valence electrons. The summed E-state index contributed by atoms with van der Waals surface area (Å²) in [6.07, 6.45) is 20.5. The van der Waals surface area contributed by atoms with E-state index in [4.69, 9.17) is 21.8 Å². The Balaban J connectivity index is 0.000000105. The molecular weight excluding hydrogens is 2010 g/mol. The van der Waals surface area contributed by atoms with E-state index in [-0.39, 0.29) is 184 Å². The minimum atomic E-state index is -6.05. The van der Waals surface area contributed by atoms with Crippen LogP contribution in [0.3, 0.4) is 0 Å². The zero-order valence-corrected chi connectivity index (χ0v) is 88.4. The maximum absolute atomic E-state index is 13.1. The Morgan fingerprint density at radius 3 is 0.760 bits per heavy atom. The van der Waals surface area contributed by atoms with Gasteiger partial charge in [-0.2, -0.15) is 42.6 Å². The van der Waals surface area contributed by atoms with Crippen LogP contribution in [0.2, 0.25) is 0 Å². The summed E-state index contributed by atoms with van der Waals surface area (Å²) in [5.74, 6) is 19.1. The number of nitrogens with zero attached hydrogens (tertiary/aromatic N) is 4. The highest BCUT2D eigenvalue weighted by Crippen LogP contribution is 2.81. The van der Waals surface area contributed by atoms with Gasteiger partial charge in [-0.05, 0) is 380 Å². The molecule has 61 atom stereocenters. The molecule has 150 heavy (non-hydrogen) atoms. The van der Waals surface area contributed by atoms with Crippen LogP contribution in [0, 0.1) is 355 Å². The molecule has 31 rings (SSSR count). The molecule has 1 N–H and O–H groups in total. The molecule has 37 heteroatoms. The molecule has 6 saturated heterocycles. The molecule has 0 aromatic heterocycles. The van der Waals surface area contributed by atoms with Gasteiger partial charge in [0, 0.05) is 0 Å². The molecule has 24 bridgehead atoms. The first-order chi connectivity index (χ1) is 68.6. The van der Waals surface area contributed by atoms with Crippen molar-refractivity contribution >= 4 is 113 Å². The van der Waals surface area contributed by atoms with Crippen LogP contribution in [0.25, 0.3) is 0 Å². The number of amides is 10. The Morgan fingerprint density at radius 2 is 0.527 bits per heavy atom. The summed E-state index contributed by atoms with van der Waals surface area (Å²) in [6.45, 7) is 30.0. The van der Waals surface area contributed by atoms with Gasteiger partial charge in [-0.25, -0.2) is 0 Å². The highest BCUT2D eigenvalue weighted by Gasteiger charge is 2.82. The Bertz CT molecular complexity index is 5610. The van der Waals surface area contributed by atoms with Gasteiger partial charge in [0.1, 0.15) is 0 Å². The summed E-state index contributed by atoms with van der Waals surface area (Å²) in [5, 5.41) is 4.48. The van der Waals surface area contributed by atoms with Gasteiger partial charge in [-0.15, -0.1) is 37.4 Å². The second-order valence-corrected chi connectivity index (χ2v) is 59.4. The van der Waals surface area contributed by atoms with Crippen LogP contribution in [-0.2, 0) is 125 Å². The largest absolute Gasteiger partial charge is 0.525 e. The Kier molecular flexibility index (Phi) is 27.3. The second kappa shape index (κ2) is 37.3. The molecule has 6 heterocycles. The van der Waals surface area contributed by atoms with E-state index in [2.05, 4.69) is 92.7 Å². The summed E-state index contributed by atoms with van der Waals surface area (Å²) in [7, 11) is -13.8. The van der Waals surface area contributed by atoms with Crippen LogP contribution in [0.15, 0.2) is 0 Å². The molecule has 0 spiro atoms. The van der Waals surface area contributed by atoms with Gasteiger partial charge in [-0.1, -0.05) is 153 Å². The van der Waals surface area contributed by atoms with Crippen LogP contribution in [-0.4, -0.2) is 144 Å². The minimum absolute atomic E-state index is 0. The highest BCUT2D eigenvalue weighted by atomic mass is 32.2. The van der Waals surface area contributed by atoms with Gasteiger partial charge in [0.25, 0.3) is 67.5 Å². The molecule has 61 unspecified atom stereocenters.